The number of fused-ring (bicyclic) bond motifs is 1. The Labute approximate surface area is 101 Å². The van der Waals surface area contributed by atoms with E-state index in [2.05, 4.69) is 59.0 Å². The molecule has 2 nitrogen and oxygen atoms in total. The van der Waals surface area contributed by atoms with Crippen LogP contribution in [0.3, 0.4) is 0 Å². The fourth-order valence-electron chi connectivity index (χ4n) is 2.47. The van der Waals surface area contributed by atoms with Crippen molar-refractivity contribution in [1.82, 2.24) is 9.55 Å². The molecule has 17 heavy (non-hydrogen) atoms. The lowest BCUT2D eigenvalue weighted by atomic mass is 10.0. The second-order valence-corrected chi connectivity index (χ2v) is 4.65. The fourth-order valence-corrected chi connectivity index (χ4v) is 2.47. The molecule has 0 saturated carbocycles. The van der Waals surface area contributed by atoms with Gasteiger partial charge in [-0.15, -0.1) is 0 Å². The van der Waals surface area contributed by atoms with Gasteiger partial charge in [-0.05, 0) is 30.9 Å². The molecule has 1 aromatic heterocycles. The molecule has 0 aliphatic heterocycles. The zero-order valence-corrected chi connectivity index (χ0v) is 10.0. The molecule has 86 valence electrons. The summed E-state index contributed by atoms with van der Waals surface area (Å²) in [5, 5.41) is 0. The number of aromatic nitrogens is 2. The Hall–Kier alpha value is -1.83. The van der Waals surface area contributed by atoms with Crippen LogP contribution in [0.1, 0.15) is 12.0 Å². The van der Waals surface area contributed by atoms with Crippen molar-refractivity contribution in [3.8, 4) is 0 Å². The van der Waals surface area contributed by atoms with Crippen LogP contribution in [0.25, 0.3) is 11.0 Å². The van der Waals surface area contributed by atoms with E-state index in [1.54, 1.807) is 0 Å². The average Bonchev–Trinajstić information content (AvgIpc) is 2.75. The highest BCUT2D eigenvalue weighted by Gasteiger charge is 2.10. The molecule has 0 fully saturated rings. The first-order valence-electron chi connectivity index (χ1n) is 6.08. The molecule has 1 aliphatic carbocycles. The molecule has 0 radical (unpaired) electrons. The number of hydrogen-bond acceptors (Lipinski definition) is 1. The Balaban J connectivity index is 1.95. The van der Waals surface area contributed by atoms with Crippen LogP contribution in [0, 0.1) is 12.8 Å². The topological polar surface area (TPSA) is 17.8 Å². The number of hydrogen-bond donors (Lipinski definition) is 0. The van der Waals surface area contributed by atoms with Crippen molar-refractivity contribution in [2.24, 2.45) is 5.92 Å². The molecular weight excluding hydrogens is 208 g/mol. The summed E-state index contributed by atoms with van der Waals surface area (Å²) < 4.78 is 2.28. The van der Waals surface area contributed by atoms with Gasteiger partial charge in [-0.25, -0.2) is 4.98 Å². The number of imidazole rings is 1. The zero-order valence-electron chi connectivity index (χ0n) is 10.0. The van der Waals surface area contributed by atoms with Gasteiger partial charge >= 0.3 is 0 Å². The van der Waals surface area contributed by atoms with E-state index >= 15 is 0 Å². The number of benzene rings is 1. The lowest BCUT2D eigenvalue weighted by Gasteiger charge is -2.14. The number of allylic oxidation sites excluding steroid dienone is 4. The molecule has 0 bridgehead atoms. The zero-order chi connectivity index (χ0) is 11.7. The van der Waals surface area contributed by atoms with Gasteiger partial charge in [-0.1, -0.05) is 36.4 Å². The average molecular weight is 224 g/mol. The van der Waals surface area contributed by atoms with Crippen LogP contribution in [0.5, 0.6) is 0 Å². The summed E-state index contributed by atoms with van der Waals surface area (Å²) in [6.07, 6.45) is 11.9. The van der Waals surface area contributed by atoms with E-state index in [9.17, 15) is 0 Å². The lowest BCUT2D eigenvalue weighted by molar-refractivity contribution is 0.541. The van der Waals surface area contributed by atoms with Crippen molar-refractivity contribution < 1.29 is 0 Å². The van der Waals surface area contributed by atoms with Crippen LogP contribution in [0.15, 0.2) is 48.8 Å². The first kappa shape index (κ1) is 10.3. The standard InChI is InChI=1S/C15H16N2/c1-12-6-5-9-14-15(12)17(11-16-14)10-13-7-3-2-4-8-13/h2-7,9,11,13H,8,10H2,1H3. The minimum absolute atomic E-state index is 0.594. The molecule has 1 aliphatic rings. The van der Waals surface area contributed by atoms with Gasteiger partial charge < -0.3 is 4.57 Å². The van der Waals surface area contributed by atoms with E-state index in [4.69, 9.17) is 0 Å². The van der Waals surface area contributed by atoms with Gasteiger partial charge in [0.05, 0.1) is 17.4 Å². The molecule has 0 spiro atoms. The third-order valence-electron chi connectivity index (χ3n) is 3.34. The van der Waals surface area contributed by atoms with Gasteiger partial charge in [0.1, 0.15) is 0 Å². The monoisotopic (exact) mass is 224 g/mol. The Morgan fingerprint density at radius 3 is 3.12 bits per heavy atom. The van der Waals surface area contributed by atoms with Gasteiger partial charge in [0, 0.05) is 6.54 Å². The van der Waals surface area contributed by atoms with Crippen LogP contribution in [0.4, 0.5) is 0 Å². The lowest BCUT2D eigenvalue weighted by Crippen LogP contribution is -2.08. The third kappa shape index (κ3) is 1.91. The molecule has 3 rings (SSSR count). The first-order chi connectivity index (χ1) is 8.34. The van der Waals surface area contributed by atoms with Crippen LogP contribution < -0.4 is 0 Å². The number of aryl methyl sites for hydroxylation is 1. The van der Waals surface area contributed by atoms with Gasteiger partial charge in [0.25, 0.3) is 0 Å². The number of rotatable bonds is 2. The summed E-state index contributed by atoms with van der Waals surface area (Å²) in [4.78, 5) is 4.47. The minimum Gasteiger partial charge on any atom is -0.330 e. The molecule has 0 amide bonds. The summed E-state index contributed by atoms with van der Waals surface area (Å²) in [6.45, 7) is 3.17. The molecule has 0 N–H and O–H groups in total. The maximum absolute atomic E-state index is 4.47. The Morgan fingerprint density at radius 1 is 1.35 bits per heavy atom. The quantitative estimate of drug-likeness (QED) is 0.763. The van der Waals surface area contributed by atoms with Crippen LogP contribution in [-0.4, -0.2) is 9.55 Å². The van der Waals surface area contributed by atoms with Gasteiger partial charge in [-0.3, -0.25) is 0 Å². The van der Waals surface area contributed by atoms with E-state index in [-0.39, 0.29) is 0 Å². The Morgan fingerprint density at radius 2 is 2.29 bits per heavy atom. The smallest absolute Gasteiger partial charge is 0.0958 e. The van der Waals surface area contributed by atoms with Crippen LogP contribution in [-0.2, 0) is 6.54 Å². The van der Waals surface area contributed by atoms with Crippen molar-refractivity contribution in [2.45, 2.75) is 19.9 Å². The van der Waals surface area contributed by atoms with Crippen molar-refractivity contribution in [1.29, 1.82) is 0 Å². The highest BCUT2D eigenvalue weighted by Crippen LogP contribution is 2.21. The summed E-state index contributed by atoms with van der Waals surface area (Å²) in [5.41, 5.74) is 3.67. The maximum Gasteiger partial charge on any atom is 0.0958 e. The molecule has 1 aromatic carbocycles. The first-order valence-corrected chi connectivity index (χ1v) is 6.08. The van der Waals surface area contributed by atoms with Gasteiger partial charge in [-0.2, -0.15) is 0 Å². The summed E-state index contributed by atoms with van der Waals surface area (Å²) in [6, 6.07) is 6.30. The third-order valence-corrected chi connectivity index (χ3v) is 3.34. The highest BCUT2D eigenvalue weighted by atomic mass is 15.0. The van der Waals surface area contributed by atoms with E-state index in [1.807, 2.05) is 6.33 Å². The molecular formula is C15H16N2. The summed E-state index contributed by atoms with van der Waals surface area (Å²) in [7, 11) is 0. The van der Waals surface area contributed by atoms with Crippen molar-refractivity contribution in [3.63, 3.8) is 0 Å². The minimum atomic E-state index is 0.594. The molecule has 0 saturated heterocycles. The highest BCUT2D eigenvalue weighted by molar-refractivity contribution is 5.78. The fraction of sp³-hybridized carbons (Fsp3) is 0.267. The largest absolute Gasteiger partial charge is 0.330 e. The van der Waals surface area contributed by atoms with Gasteiger partial charge in [0.15, 0.2) is 0 Å². The van der Waals surface area contributed by atoms with Gasteiger partial charge in [0.2, 0.25) is 0 Å². The second kappa shape index (κ2) is 4.21. The number of para-hydroxylation sites is 1. The summed E-state index contributed by atoms with van der Waals surface area (Å²) >= 11 is 0. The molecule has 1 atom stereocenters. The van der Waals surface area contributed by atoms with E-state index in [0.717, 1.165) is 18.5 Å². The van der Waals surface area contributed by atoms with Crippen molar-refractivity contribution in [2.75, 3.05) is 0 Å². The van der Waals surface area contributed by atoms with E-state index < -0.39 is 0 Å². The van der Waals surface area contributed by atoms with Crippen molar-refractivity contribution >= 4 is 11.0 Å². The van der Waals surface area contributed by atoms with Crippen molar-refractivity contribution in [3.05, 3.63) is 54.4 Å². The normalized spacial score (nSPS) is 19.0. The predicted octanol–water partition coefficient (Wildman–Crippen LogP) is 3.48. The molecule has 2 aromatic rings. The Kier molecular flexibility index (Phi) is 2.56. The second-order valence-electron chi connectivity index (χ2n) is 4.65. The number of nitrogens with zero attached hydrogens (tertiary/aromatic N) is 2. The maximum atomic E-state index is 4.47. The summed E-state index contributed by atoms with van der Waals surface area (Å²) in [5.74, 6) is 0.594. The molecule has 1 unspecified atom stereocenters. The molecule has 1 heterocycles. The van der Waals surface area contributed by atoms with E-state index in [1.165, 1.54) is 11.1 Å². The van der Waals surface area contributed by atoms with Crippen LogP contribution >= 0.6 is 0 Å². The predicted molar refractivity (Wildman–Crippen MR) is 70.9 cm³/mol. The van der Waals surface area contributed by atoms with Crippen LogP contribution in [0.2, 0.25) is 0 Å². The Bertz CT molecular complexity index is 590. The SMILES string of the molecule is Cc1cccc2ncn(CC3C=CC=CC3)c12. The van der Waals surface area contributed by atoms with E-state index in [0.29, 0.717) is 5.92 Å². The molecule has 2 heteroatoms.